The molecule has 1 N–H and O–H groups in total. The first-order valence-corrected chi connectivity index (χ1v) is 6.41. The monoisotopic (exact) mass is 292 g/mol. The summed E-state index contributed by atoms with van der Waals surface area (Å²) in [5, 5.41) is 7.22. The Kier molecular flexibility index (Phi) is 3.60. The largest absolute Gasteiger partial charge is 0.330 e. The number of rotatable bonds is 2. The van der Waals surface area contributed by atoms with Crippen molar-refractivity contribution in [3.05, 3.63) is 38.3 Å². The van der Waals surface area contributed by atoms with Gasteiger partial charge < -0.3 is 5.32 Å². The van der Waals surface area contributed by atoms with Gasteiger partial charge in [-0.3, -0.25) is 0 Å². The van der Waals surface area contributed by atoms with E-state index >= 15 is 0 Å². The van der Waals surface area contributed by atoms with Crippen LogP contribution in [0.25, 0.3) is 0 Å². The predicted molar refractivity (Wildman–Crippen MR) is 71.6 cm³/mol. The summed E-state index contributed by atoms with van der Waals surface area (Å²) in [6, 6.07) is 3.58. The fraction of sp³-hybridized carbons (Fsp3) is 0.100. The molecule has 0 atom stereocenters. The Labute approximate surface area is 112 Å². The molecule has 1 aromatic heterocycles. The highest BCUT2D eigenvalue weighted by molar-refractivity contribution is 7.14. The van der Waals surface area contributed by atoms with Crippen molar-refractivity contribution in [1.82, 2.24) is 4.98 Å². The van der Waals surface area contributed by atoms with Crippen LogP contribution in [0.1, 0.15) is 5.56 Å². The predicted octanol–water partition coefficient (Wildman–Crippen LogP) is 5.16. The maximum atomic E-state index is 6.08. The zero-order valence-electron chi connectivity index (χ0n) is 8.22. The minimum Gasteiger partial charge on any atom is -0.330 e. The average molecular weight is 294 g/mol. The number of aryl methyl sites for hydroxylation is 1. The Bertz CT molecular complexity index is 525. The number of anilines is 2. The molecule has 0 aliphatic carbocycles. The van der Waals surface area contributed by atoms with Crippen molar-refractivity contribution in [2.24, 2.45) is 0 Å². The molecule has 2 nitrogen and oxygen atoms in total. The summed E-state index contributed by atoms with van der Waals surface area (Å²) in [6.45, 7) is 1.90. The highest BCUT2D eigenvalue weighted by Gasteiger charge is 2.07. The SMILES string of the molecule is Cc1cc(Cl)c(Nc2nc(Cl)cs2)cc1Cl. The Morgan fingerprint density at radius 3 is 2.56 bits per heavy atom. The Balaban J connectivity index is 2.31. The minimum atomic E-state index is 0.460. The zero-order chi connectivity index (χ0) is 11.7. The molecule has 2 rings (SSSR count). The van der Waals surface area contributed by atoms with E-state index in [2.05, 4.69) is 10.3 Å². The van der Waals surface area contributed by atoms with Gasteiger partial charge in [0, 0.05) is 10.4 Å². The molecule has 1 heterocycles. The van der Waals surface area contributed by atoms with Crippen LogP contribution in [0.3, 0.4) is 0 Å². The third kappa shape index (κ3) is 2.61. The topological polar surface area (TPSA) is 24.9 Å². The van der Waals surface area contributed by atoms with Gasteiger partial charge in [-0.1, -0.05) is 34.8 Å². The van der Waals surface area contributed by atoms with E-state index in [1.807, 2.05) is 6.92 Å². The normalized spacial score (nSPS) is 10.5. The third-order valence-electron chi connectivity index (χ3n) is 1.97. The fourth-order valence-corrected chi connectivity index (χ4v) is 2.45. The number of aromatic nitrogens is 1. The molecule has 6 heteroatoms. The first-order valence-electron chi connectivity index (χ1n) is 4.40. The average Bonchev–Trinajstić information content (AvgIpc) is 2.60. The second-order valence-corrected chi connectivity index (χ2v) is 5.24. The molecule has 0 saturated carbocycles. The van der Waals surface area contributed by atoms with E-state index in [1.54, 1.807) is 17.5 Å². The molecule has 1 aromatic carbocycles. The maximum absolute atomic E-state index is 6.08. The fourth-order valence-electron chi connectivity index (χ4n) is 1.17. The molecule has 2 aromatic rings. The van der Waals surface area contributed by atoms with Crippen LogP contribution in [0.4, 0.5) is 10.8 Å². The highest BCUT2D eigenvalue weighted by atomic mass is 35.5. The summed E-state index contributed by atoms with van der Waals surface area (Å²) >= 11 is 19.2. The lowest BCUT2D eigenvalue weighted by molar-refractivity contribution is 1.38. The van der Waals surface area contributed by atoms with E-state index in [1.165, 1.54) is 11.3 Å². The van der Waals surface area contributed by atoms with Gasteiger partial charge in [0.2, 0.25) is 0 Å². The van der Waals surface area contributed by atoms with Crippen molar-refractivity contribution in [3.8, 4) is 0 Å². The van der Waals surface area contributed by atoms with Crippen molar-refractivity contribution in [2.45, 2.75) is 6.92 Å². The van der Waals surface area contributed by atoms with Crippen molar-refractivity contribution in [2.75, 3.05) is 5.32 Å². The van der Waals surface area contributed by atoms with E-state index in [0.29, 0.717) is 20.3 Å². The molecule has 0 spiro atoms. The van der Waals surface area contributed by atoms with Crippen LogP contribution in [-0.2, 0) is 0 Å². The maximum Gasteiger partial charge on any atom is 0.188 e. The number of nitrogens with one attached hydrogen (secondary N) is 1. The van der Waals surface area contributed by atoms with Crippen molar-refractivity contribution in [1.29, 1.82) is 0 Å². The van der Waals surface area contributed by atoms with Crippen LogP contribution in [0.5, 0.6) is 0 Å². The lowest BCUT2D eigenvalue weighted by Crippen LogP contribution is -1.91. The van der Waals surface area contributed by atoms with Gasteiger partial charge in [-0.25, -0.2) is 4.98 Å². The second-order valence-electron chi connectivity index (χ2n) is 3.18. The van der Waals surface area contributed by atoms with Gasteiger partial charge in [0.15, 0.2) is 5.13 Å². The lowest BCUT2D eigenvalue weighted by atomic mass is 10.2. The summed E-state index contributed by atoms with van der Waals surface area (Å²) < 4.78 is 0. The molecule has 0 aliphatic heterocycles. The van der Waals surface area contributed by atoms with Crippen molar-refractivity contribution in [3.63, 3.8) is 0 Å². The van der Waals surface area contributed by atoms with Gasteiger partial charge in [-0.05, 0) is 24.6 Å². The summed E-state index contributed by atoms with van der Waals surface area (Å²) in [5.74, 6) is 0. The molecular weight excluding hydrogens is 287 g/mol. The first-order chi connectivity index (χ1) is 7.56. The minimum absolute atomic E-state index is 0.460. The quantitative estimate of drug-likeness (QED) is 0.827. The zero-order valence-corrected chi connectivity index (χ0v) is 11.3. The van der Waals surface area contributed by atoms with Gasteiger partial charge >= 0.3 is 0 Å². The number of thiazole rings is 1. The second kappa shape index (κ2) is 4.80. The molecule has 84 valence electrons. The number of nitrogens with zero attached hydrogens (tertiary/aromatic N) is 1. The summed E-state index contributed by atoms with van der Waals surface area (Å²) in [5.41, 5.74) is 1.66. The summed E-state index contributed by atoms with van der Waals surface area (Å²) in [4.78, 5) is 4.07. The lowest BCUT2D eigenvalue weighted by Gasteiger charge is -2.07. The number of hydrogen-bond donors (Lipinski definition) is 1. The number of hydrogen-bond acceptors (Lipinski definition) is 3. The van der Waals surface area contributed by atoms with E-state index in [9.17, 15) is 0 Å². The van der Waals surface area contributed by atoms with E-state index in [-0.39, 0.29) is 0 Å². The Morgan fingerprint density at radius 2 is 1.94 bits per heavy atom. The van der Waals surface area contributed by atoms with E-state index in [0.717, 1.165) is 11.3 Å². The van der Waals surface area contributed by atoms with Gasteiger partial charge in [-0.2, -0.15) is 0 Å². The van der Waals surface area contributed by atoms with Crippen molar-refractivity contribution >= 4 is 57.0 Å². The molecular formula is C10H7Cl3N2S. The molecule has 0 unspecified atom stereocenters. The molecule has 0 saturated heterocycles. The van der Waals surface area contributed by atoms with Gasteiger partial charge in [0.05, 0.1) is 10.7 Å². The van der Waals surface area contributed by atoms with Crippen LogP contribution in [0, 0.1) is 6.92 Å². The first kappa shape index (κ1) is 12.0. The number of halogens is 3. The van der Waals surface area contributed by atoms with Crippen molar-refractivity contribution < 1.29 is 0 Å². The third-order valence-corrected chi connectivity index (χ3v) is 3.77. The van der Waals surface area contributed by atoms with E-state index in [4.69, 9.17) is 34.8 Å². The van der Waals surface area contributed by atoms with Crippen LogP contribution >= 0.6 is 46.1 Å². The van der Waals surface area contributed by atoms with Crippen LogP contribution < -0.4 is 5.32 Å². The van der Waals surface area contributed by atoms with Gasteiger partial charge in [0.1, 0.15) is 5.15 Å². The molecule has 16 heavy (non-hydrogen) atoms. The van der Waals surface area contributed by atoms with Crippen LogP contribution in [0.15, 0.2) is 17.5 Å². The Morgan fingerprint density at radius 1 is 1.19 bits per heavy atom. The molecule has 0 amide bonds. The molecule has 0 bridgehead atoms. The molecule has 0 fully saturated rings. The highest BCUT2D eigenvalue weighted by Crippen LogP contribution is 2.32. The van der Waals surface area contributed by atoms with Gasteiger partial charge in [0.25, 0.3) is 0 Å². The van der Waals surface area contributed by atoms with E-state index < -0.39 is 0 Å². The standard InChI is InChI=1S/C10H7Cl3N2S/c1-5-2-7(12)8(3-6(5)11)14-10-15-9(13)4-16-10/h2-4H,1H3,(H,14,15). The molecule has 0 radical (unpaired) electrons. The summed E-state index contributed by atoms with van der Waals surface area (Å²) in [6.07, 6.45) is 0. The van der Waals surface area contributed by atoms with Crippen LogP contribution in [-0.4, -0.2) is 4.98 Å². The van der Waals surface area contributed by atoms with Gasteiger partial charge in [-0.15, -0.1) is 11.3 Å². The Hall–Kier alpha value is -0.480. The molecule has 0 aliphatic rings. The van der Waals surface area contributed by atoms with Crippen LogP contribution in [0.2, 0.25) is 15.2 Å². The summed E-state index contributed by atoms with van der Waals surface area (Å²) in [7, 11) is 0. The number of benzene rings is 1. The smallest absolute Gasteiger partial charge is 0.188 e.